The van der Waals surface area contributed by atoms with Gasteiger partial charge in [0.25, 0.3) is 5.69 Å². The summed E-state index contributed by atoms with van der Waals surface area (Å²) < 4.78 is 4.82. The number of non-ortho nitro benzene ring substituents is 1. The van der Waals surface area contributed by atoms with E-state index in [4.69, 9.17) is 4.74 Å². The van der Waals surface area contributed by atoms with Crippen LogP contribution in [0.15, 0.2) is 30.0 Å². The van der Waals surface area contributed by atoms with Crippen LogP contribution in [-0.2, 0) is 9.53 Å². The van der Waals surface area contributed by atoms with Gasteiger partial charge in [0, 0.05) is 19.1 Å². The highest BCUT2D eigenvalue weighted by Crippen LogP contribution is 2.14. The predicted octanol–water partition coefficient (Wildman–Crippen LogP) is 2.52. The number of hydrogen-bond donors (Lipinski definition) is 0. The van der Waals surface area contributed by atoms with Gasteiger partial charge in [0.15, 0.2) is 0 Å². The van der Waals surface area contributed by atoms with Crippen LogP contribution in [0.5, 0.6) is 0 Å². The summed E-state index contributed by atoms with van der Waals surface area (Å²) in [6.45, 7) is 2.95. The van der Waals surface area contributed by atoms with E-state index in [1.807, 2.05) is 0 Å². The van der Waals surface area contributed by atoms with Crippen molar-refractivity contribution in [2.75, 3.05) is 0 Å². The Morgan fingerprint density at radius 2 is 1.88 bits per heavy atom. The Kier molecular flexibility index (Phi) is 3.77. The summed E-state index contributed by atoms with van der Waals surface area (Å²) in [5, 5.41) is 10.4. The van der Waals surface area contributed by atoms with Crippen LogP contribution in [0, 0.1) is 10.1 Å². The number of benzene rings is 1. The van der Waals surface area contributed by atoms with E-state index in [9.17, 15) is 14.9 Å². The van der Waals surface area contributed by atoms with Crippen molar-refractivity contribution in [3.8, 4) is 0 Å². The van der Waals surface area contributed by atoms with Gasteiger partial charge in [0.2, 0.25) is 0 Å². The quantitative estimate of drug-likeness (QED) is 0.340. The molecule has 0 saturated carbocycles. The topological polar surface area (TPSA) is 69.4 Å². The van der Waals surface area contributed by atoms with Gasteiger partial charge in [-0.25, -0.2) is 0 Å². The summed E-state index contributed by atoms with van der Waals surface area (Å²) in [4.78, 5) is 20.6. The van der Waals surface area contributed by atoms with Crippen molar-refractivity contribution >= 4 is 17.7 Å². The van der Waals surface area contributed by atoms with Crippen LogP contribution in [-0.4, -0.2) is 10.9 Å². The molecule has 5 heteroatoms. The Balaban J connectivity index is 2.82. The number of carbonyl (C=O) groups is 1. The lowest BCUT2D eigenvalue weighted by Gasteiger charge is -2.00. The molecule has 1 aromatic carbocycles. The van der Waals surface area contributed by atoms with E-state index in [0.29, 0.717) is 5.76 Å². The first-order chi connectivity index (χ1) is 7.49. The van der Waals surface area contributed by atoms with Crippen LogP contribution < -0.4 is 0 Å². The number of nitrogens with zero attached hydrogens (tertiary/aromatic N) is 1. The average molecular weight is 221 g/mol. The highest BCUT2D eigenvalue weighted by Gasteiger charge is 2.03. The van der Waals surface area contributed by atoms with Crippen molar-refractivity contribution in [3.05, 3.63) is 45.7 Å². The summed E-state index contributed by atoms with van der Waals surface area (Å²) >= 11 is 0. The molecule has 0 bridgehead atoms. The minimum Gasteiger partial charge on any atom is -0.432 e. The van der Waals surface area contributed by atoms with E-state index >= 15 is 0 Å². The highest BCUT2D eigenvalue weighted by molar-refractivity contribution is 5.68. The number of esters is 1. The molecule has 5 nitrogen and oxygen atoms in total. The zero-order valence-electron chi connectivity index (χ0n) is 8.97. The first kappa shape index (κ1) is 11.9. The Labute approximate surface area is 92.5 Å². The van der Waals surface area contributed by atoms with Gasteiger partial charge < -0.3 is 4.74 Å². The molecule has 0 N–H and O–H groups in total. The Bertz CT molecular complexity index is 434. The molecule has 0 aromatic heterocycles. The number of allylic oxidation sites excluding steroid dienone is 1. The van der Waals surface area contributed by atoms with Crippen LogP contribution in [0.25, 0.3) is 6.08 Å². The maximum absolute atomic E-state index is 10.6. The maximum atomic E-state index is 10.6. The van der Waals surface area contributed by atoms with Crippen molar-refractivity contribution in [1.82, 2.24) is 0 Å². The molecule has 0 fully saturated rings. The van der Waals surface area contributed by atoms with Gasteiger partial charge in [-0.3, -0.25) is 14.9 Å². The molecule has 0 amide bonds. The molecule has 0 saturated heterocycles. The largest absolute Gasteiger partial charge is 0.432 e. The van der Waals surface area contributed by atoms with Crippen molar-refractivity contribution < 1.29 is 14.5 Å². The molecule has 0 unspecified atom stereocenters. The Morgan fingerprint density at radius 1 is 1.31 bits per heavy atom. The predicted molar refractivity (Wildman–Crippen MR) is 58.5 cm³/mol. The van der Waals surface area contributed by atoms with Crippen molar-refractivity contribution in [3.63, 3.8) is 0 Å². The molecule has 0 heterocycles. The molecule has 0 aliphatic carbocycles. The second-order valence-electron chi connectivity index (χ2n) is 3.20. The van der Waals surface area contributed by atoms with Crippen molar-refractivity contribution in [2.24, 2.45) is 0 Å². The molecule has 84 valence electrons. The number of carbonyl (C=O) groups excluding carboxylic acids is 1. The standard InChI is InChI=1S/C11H11NO4/c1-8(16-9(2)13)7-10-3-5-11(6-4-10)12(14)15/h3-7H,1-2H3. The third-order valence-electron chi connectivity index (χ3n) is 1.78. The van der Waals surface area contributed by atoms with E-state index in [2.05, 4.69) is 0 Å². The highest BCUT2D eigenvalue weighted by atomic mass is 16.6. The van der Waals surface area contributed by atoms with Gasteiger partial charge in [-0.2, -0.15) is 0 Å². The molecule has 1 aromatic rings. The van der Waals surface area contributed by atoms with Crippen LogP contribution >= 0.6 is 0 Å². The summed E-state index contributed by atoms with van der Waals surface area (Å²) in [6, 6.07) is 5.97. The monoisotopic (exact) mass is 221 g/mol. The van der Waals surface area contributed by atoms with Crippen LogP contribution in [0.1, 0.15) is 19.4 Å². The van der Waals surface area contributed by atoms with Gasteiger partial charge in [-0.15, -0.1) is 0 Å². The first-order valence-corrected chi connectivity index (χ1v) is 4.60. The smallest absolute Gasteiger partial charge is 0.307 e. The molecule has 0 aliphatic rings. The fourth-order valence-electron chi connectivity index (χ4n) is 1.18. The lowest BCUT2D eigenvalue weighted by atomic mass is 10.2. The Morgan fingerprint density at radius 3 is 2.31 bits per heavy atom. The second kappa shape index (κ2) is 5.06. The minimum absolute atomic E-state index is 0.0299. The fraction of sp³-hybridized carbons (Fsp3) is 0.182. The van der Waals surface area contributed by atoms with Gasteiger partial charge in [0.1, 0.15) is 5.76 Å². The molecular weight excluding hydrogens is 210 g/mol. The van der Waals surface area contributed by atoms with E-state index in [1.165, 1.54) is 19.1 Å². The van der Waals surface area contributed by atoms with Gasteiger partial charge in [-0.1, -0.05) is 0 Å². The van der Waals surface area contributed by atoms with Gasteiger partial charge >= 0.3 is 5.97 Å². The van der Waals surface area contributed by atoms with Crippen molar-refractivity contribution in [2.45, 2.75) is 13.8 Å². The van der Waals surface area contributed by atoms with E-state index in [1.54, 1.807) is 25.1 Å². The van der Waals surface area contributed by atoms with E-state index in [-0.39, 0.29) is 5.69 Å². The van der Waals surface area contributed by atoms with E-state index in [0.717, 1.165) is 5.56 Å². The maximum Gasteiger partial charge on any atom is 0.307 e. The molecule has 1 rings (SSSR count). The fourth-order valence-corrected chi connectivity index (χ4v) is 1.18. The molecule has 0 atom stereocenters. The first-order valence-electron chi connectivity index (χ1n) is 4.60. The zero-order chi connectivity index (χ0) is 12.1. The number of ether oxygens (including phenoxy) is 1. The zero-order valence-corrected chi connectivity index (χ0v) is 8.97. The SMILES string of the molecule is CC(=O)OC(C)=Cc1ccc([N+](=O)[O-])cc1. The molecule has 16 heavy (non-hydrogen) atoms. The third kappa shape index (κ3) is 3.53. The van der Waals surface area contributed by atoms with Crippen molar-refractivity contribution in [1.29, 1.82) is 0 Å². The number of hydrogen-bond acceptors (Lipinski definition) is 4. The van der Waals surface area contributed by atoms with E-state index < -0.39 is 10.9 Å². The molecule has 0 spiro atoms. The summed E-state index contributed by atoms with van der Waals surface area (Å²) in [5.74, 6) is 0.0528. The Hall–Kier alpha value is -2.17. The number of rotatable bonds is 3. The molecule has 0 aliphatic heterocycles. The van der Waals surface area contributed by atoms with Crippen LogP contribution in [0.4, 0.5) is 5.69 Å². The summed E-state index contributed by atoms with van der Waals surface area (Å²) in [6.07, 6.45) is 1.63. The summed E-state index contributed by atoms with van der Waals surface area (Å²) in [7, 11) is 0. The number of nitro groups is 1. The van der Waals surface area contributed by atoms with Gasteiger partial charge in [0.05, 0.1) is 4.92 Å². The van der Waals surface area contributed by atoms with Gasteiger partial charge in [-0.05, 0) is 30.7 Å². The summed E-state index contributed by atoms with van der Waals surface area (Å²) in [5.41, 5.74) is 0.770. The third-order valence-corrected chi connectivity index (χ3v) is 1.78. The second-order valence-corrected chi connectivity index (χ2v) is 3.20. The minimum atomic E-state index is -0.466. The molecular formula is C11H11NO4. The lowest BCUT2D eigenvalue weighted by molar-refractivity contribution is -0.384. The normalized spacial score (nSPS) is 11.0. The van der Waals surface area contributed by atoms with Crippen LogP contribution in [0.3, 0.4) is 0 Å². The lowest BCUT2D eigenvalue weighted by Crippen LogP contribution is -1.95. The number of nitro benzene ring substituents is 1. The van der Waals surface area contributed by atoms with Crippen LogP contribution in [0.2, 0.25) is 0 Å². The molecule has 0 radical (unpaired) electrons. The average Bonchev–Trinajstić information content (AvgIpc) is 2.16.